The van der Waals surface area contributed by atoms with E-state index >= 15 is 0 Å². The van der Waals surface area contributed by atoms with Crippen molar-refractivity contribution in [1.82, 2.24) is 10.2 Å². The molecule has 2 N–H and O–H groups in total. The number of carbonyl (C=O) groups excluding carboxylic acids is 3. The van der Waals surface area contributed by atoms with Crippen molar-refractivity contribution < 1.29 is 23.9 Å². The Morgan fingerprint density at radius 2 is 1.96 bits per heavy atom. The summed E-state index contributed by atoms with van der Waals surface area (Å²) in [5.74, 6) is 0.329. The molecule has 3 rings (SSSR count). The predicted octanol–water partition coefficient (Wildman–Crippen LogP) is 1.46. The number of hydrogen-bond acceptors (Lipinski definition) is 5. The van der Waals surface area contributed by atoms with Gasteiger partial charge >= 0.3 is 6.03 Å². The Hall–Kier alpha value is -2.77. The zero-order valence-corrected chi connectivity index (χ0v) is 13.5. The summed E-state index contributed by atoms with van der Waals surface area (Å²) in [5, 5.41) is 5.35. The lowest BCUT2D eigenvalue weighted by molar-refractivity contribution is -0.134. The molecule has 0 saturated carbocycles. The molecular weight excluding hydrogens is 314 g/mol. The van der Waals surface area contributed by atoms with Crippen molar-refractivity contribution in [3.63, 3.8) is 0 Å². The van der Waals surface area contributed by atoms with Crippen LogP contribution in [0.3, 0.4) is 0 Å². The molecule has 2 heterocycles. The monoisotopic (exact) mass is 333 g/mol. The zero-order chi connectivity index (χ0) is 17.3. The second kappa shape index (κ2) is 6.03. The first-order valence-corrected chi connectivity index (χ1v) is 7.82. The van der Waals surface area contributed by atoms with Crippen molar-refractivity contribution in [1.29, 1.82) is 0 Å². The van der Waals surface area contributed by atoms with E-state index in [1.165, 1.54) is 0 Å². The average Bonchev–Trinajstić information content (AvgIpc) is 3.12. The number of rotatable bonds is 5. The maximum Gasteiger partial charge on any atom is 0.325 e. The molecule has 1 fully saturated rings. The largest absolute Gasteiger partial charge is 0.454 e. The number of benzene rings is 1. The summed E-state index contributed by atoms with van der Waals surface area (Å²) in [6.45, 7) is 3.47. The lowest BCUT2D eigenvalue weighted by Gasteiger charge is -2.23. The van der Waals surface area contributed by atoms with Gasteiger partial charge in [-0.2, -0.15) is 0 Å². The highest BCUT2D eigenvalue weighted by atomic mass is 16.7. The fourth-order valence-corrected chi connectivity index (χ4v) is 2.87. The first-order chi connectivity index (χ1) is 11.5. The Morgan fingerprint density at radius 1 is 1.25 bits per heavy atom. The summed E-state index contributed by atoms with van der Waals surface area (Å²) in [4.78, 5) is 37.6. The summed E-state index contributed by atoms with van der Waals surface area (Å²) in [6, 6.07) is 4.45. The van der Waals surface area contributed by atoms with Gasteiger partial charge in [-0.3, -0.25) is 14.5 Å². The molecule has 1 saturated heterocycles. The van der Waals surface area contributed by atoms with Crippen molar-refractivity contribution in [2.24, 2.45) is 0 Å². The predicted molar refractivity (Wildman–Crippen MR) is 84.8 cm³/mol. The van der Waals surface area contributed by atoms with Gasteiger partial charge in [0.15, 0.2) is 11.5 Å². The van der Waals surface area contributed by atoms with E-state index < -0.39 is 17.5 Å². The van der Waals surface area contributed by atoms with Crippen LogP contribution < -0.4 is 20.1 Å². The number of carbonyl (C=O) groups is 3. The summed E-state index contributed by atoms with van der Waals surface area (Å²) < 4.78 is 10.4. The van der Waals surface area contributed by atoms with E-state index in [4.69, 9.17) is 9.47 Å². The number of urea groups is 1. The molecule has 128 valence electrons. The summed E-state index contributed by atoms with van der Waals surface area (Å²) >= 11 is 0. The topological polar surface area (TPSA) is 97.0 Å². The molecule has 0 aromatic heterocycles. The molecule has 1 aromatic carbocycles. The van der Waals surface area contributed by atoms with Crippen LogP contribution in [0.5, 0.6) is 11.5 Å². The van der Waals surface area contributed by atoms with Gasteiger partial charge in [0.25, 0.3) is 5.91 Å². The molecule has 24 heavy (non-hydrogen) atoms. The Labute approximate surface area is 139 Å². The van der Waals surface area contributed by atoms with Gasteiger partial charge in [0.05, 0.1) is 0 Å². The van der Waals surface area contributed by atoms with Gasteiger partial charge in [-0.05, 0) is 25.0 Å². The highest BCUT2D eigenvalue weighted by Crippen LogP contribution is 2.34. The van der Waals surface area contributed by atoms with E-state index in [1.54, 1.807) is 18.2 Å². The molecule has 4 amide bonds. The number of imide groups is 1. The van der Waals surface area contributed by atoms with Crippen LogP contribution in [0, 0.1) is 0 Å². The van der Waals surface area contributed by atoms with Gasteiger partial charge in [0.1, 0.15) is 12.1 Å². The van der Waals surface area contributed by atoms with Crippen LogP contribution in [0.15, 0.2) is 18.2 Å². The van der Waals surface area contributed by atoms with Crippen LogP contribution in [-0.4, -0.2) is 41.6 Å². The Bertz CT molecular complexity index is 699. The maximum absolute atomic E-state index is 12.5. The van der Waals surface area contributed by atoms with Crippen molar-refractivity contribution in [3.8, 4) is 11.5 Å². The molecule has 8 nitrogen and oxygen atoms in total. The standard InChI is InChI=1S/C16H19N3O5/c1-3-16(4-2)14(21)19(15(22)18-16)8-13(20)17-10-5-6-11-12(7-10)24-9-23-11/h5-7H,3-4,8-9H2,1-2H3,(H,17,20)(H,18,22). The molecule has 1 aromatic rings. The maximum atomic E-state index is 12.5. The number of nitrogens with one attached hydrogen (secondary N) is 2. The molecule has 0 radical (unpaired) electrons. The normalized spacial score (nSPS) is 17.8. The summed E-state index contributed by atoms with van der Waals surface area (Å²) in [6.07, 6.45) is 0.961. The first kappa shape index (κ1) is 16.1. The SMILES string of the molecule is CCC1(CC)NC(=O)N(CC(=O)Nc2ccc3c(c2)OCO3)C1=O. The van der Waals surface area contributed by atoms with Crippen LogP contribution in [0.4, 0.5) is 10.5 Å². The van der Waals surface area contributed by atoms with Crippen LogP contribution in [0.1, 0.15) is 26.7 Å². The van der Waals surface area contributed by atoms with E-state index in [2.05, 4.69) is 10.6 Å². The van der Waals surface area contributed by atoms with Gasteiger partial charge in [-0.15, -0.1) is 0 Å². The molecule has 2 aliphatic rings. The number of anilines is 1. The van der Waals surface area contributed by atoms with Gasteiger partial charge in [-0.25, -0.2) is 4.79 Å². The average molecular weight is 333 g/mol. The number of ether oxygens (including phenoxy) is 2. The third-order valence-electron chi connectivity index (χ3n) is 4.41. The summed E-state index contributed by atoms with van der Waals surface area (Å²) in [7, 11) is 0. The second-order valence-corrected chi connectivity index (χ2v) is 5.73. The van der Waals surface area contributed by atoms with E-state index in [0.717, 1.165) is 4.90 Å². The van der Waals surface area contributed by atoms with Crippen LogP contribution in [0.25, 0.3) is 0 Å². The van der Waals surface area contributed by atoms with Gasteiger partial charge in [0.2, 0.25) is 12.7 Å². The minimum atomic E-state index is -0.907. The molecule has 0 aliphatic carbocycles. The van der Waals surface area contributed by atoms with Gasteiger partial charge in [-0.1, -0.05) is 13.8 Å². The Morgan fingerprint density at radius 3 is 2.62 bits per heavy atom. The number of hydrogen-bond donors (Lipinski definition) is 2. The second-order valence-electron chi connectivity index (χ2n) is 5.73. The lowest BCUT2D eigenvalue weighted by atomic mass is 9.93. The van der Waals surface area contributed by atoms with E-state index in [0.29, 0.717) is 30.0 Å². The van der Waals surface area contributed by atoms with Crippen molar-refractivity contribution in [2.75, 3.05) is 18.7 Å². The number of amides is 4. The lowest BCUT2D eigenvalue weighted by Crippen LogP contribution is -2.46. The van der Waals surface area contributed by atoms with Crippen molar-refractivity contribution in [3.05, 3.63) is 18.2 Å². The fourth-order valence-electron chi connectivity index (χ4n) is 2.87. The molecule has 0 atom stereocenters. The smallest absolute Gasteiger partial charge is 0.325 e. The van der Waals surface area contributed by atoms with Gasteiger partial charge < -0.3 is 20.1 Å². The fraction of sp³-hybridized carbons (Fsp3) is 0.438. The molecular formula is C16H19N3O5. The quantitative estimate of drug-likeness (QED) is 0.795. The van der Waals surface area contributed by atoms with Crippen LogP contribution in [0.2, 0.25) is 0 Å². The third-order valence-corrected chi connectivity index (χ3v) is 4.41. The minimum absolute atomic E-state index is 0.144. The molecule has 8 heteroatoms. The molecule has 0 spiro atoms. The molecule has 0 unspecified atom stereocenters. The van der Waals surface area contributed by atoms with Crippen molar-refractivity contribution >= 4 is 23.5 Å². The van der Waals surface area contributed by atoms with E-state index in [9.17, 15) is 14.4 Å². The molecule has 2 aliphatic heterocycles. The Kier molecular flexibility index (Phi) is 4.04. The molecule has 0 bridgehead atoms. The van der Waals surface area contributed by atoms with E-state index in [1.807, 2.05) is 13.8 Å². The first-order valence-electron chi connectivity index (χ1n) is 7.82. The zero-order valence-electron chi connectivity index (χ0n) is 13.5. The number of fused-ring (bicyclic) bond motifs is 1. The highest BCUT2D eigenvalue weighted by molar-refractivity contribution is 6.10. The Balaban J connectivity index is 1.67. The highest BCUT2D eigenvalue weighted by Gasteiger charge is 2.49. The van der Waals surface area contributed by atoms with Crippen LogP contribution >= 0.6 is 0 Å². The number of nitrogens with zero attached hydrogens (tertiary/aromatic N) is 1. The van der Waals surface area contributed by atoms with Crippen molar-refractivity contribution in [2.45, 2.75) is 32.2 Å². The minimum Gasteiger partial charge on any atom is -0.454 e. The van der Waals surface area contributed by atoms with Gasteiger partial charge in [0, 0.05) is 11.8 Å². The third kappa shape index (κ3) is 2.64. The van der Waals surface area contributed by atoms with E-state index in [-0.39, 0.29) is 19.2 Å². The van der Waals surface area contributed by atoms with Crippen LogP contribution in [-0.2, 0) is 9.59 Å². The summed E-state index contributed by atoms with van der Waals surface area (Å²) in [5.41, 5.74) is -0.399.